The van der Waals surface area contributed by atoms with E-state index in [-0.39, 0.29) is 11.9 Å². The van der Waals surface area contributed by atoms with Crippen molar-refractivity contribution in [3.05, 3.63) is 57.1 Å². The van der Waals surface area contributed by atoms with E-state index >= 15 is 0 Å². The molecule has 0 spiro atoms. The summed E-state index contributed by atoms with van der Waals surface area (Å²) in [7, 11) is 0. The van der Waals surface area contributed by atoms with Gasteiger partial charge in [0.15, 0.2) is 10.6 Å². The molecule has 0 radical (unpaired) electrons. The number of hydrogen-bond donors (Lipinski definition) is 2. The van der Waals surface area contributed by atoms with Crippen molar-refractivity contribution in [3.63, 3.8) is 0 Å². The molecule has 130 valence electrons. The molecule has 1 aromatic carbocycles. The van der Waals surface area contributed by atoms with Gasteiger partial charge in [-0.25, -0.2) is 0 Å². The van der Waals surface area contributed by atoms with Crippen molar-refractivity contribution in [3.8, 4) is 10.7 Å². The lowest BCUT2D eigenvalue weighted by molar-refractivity contribution is -0.124. The molecule has 2 N–H and O–H groups in total. The molecule has 3 aromatic rings. The largest absolute Gasteiger partial charge is 0.348 e. The predicted octanol–water partition coefficient (Wildman–Crippen LogP) is 4.76. The van der Waals surface area contributed by atoms with Crippen LogP contribution in [0, 0.1) is 4.77 Å². The van der Waals surface area contributed by atoms with Gasteiger partial charge in [0.25, 0.3) is 0 Å². The molecule has 8 heteroatoms. The minimum absolute atomic E-state index is 0.136. The lowest BCUT2D eigenvalue weighted by atomic mass is 10.1. The highest BCUT2D eigenvalue weighted by Crippen LogP contribution is 2.26. The highest BCUT2D eigenvalue weighted by atomic mass is 35.5. The van der Waals surface area contributed by atoms with Crippen molar-refractivity contribution in [2.45, 2.75) is 25.9 Å². The van der Waals surface area contributed by atoms with E-state index < -0.39 is 6.04 Å². The molecule has 0 saturated heterocycles. The summed E-state index contributed by atoms with van der Waals surface area (Å²) in [6.07, 6.45) is 0. The Hall–Kier alpha value is -1.96. The van der Waals surface area contributed by atoms with Gasteiger partial charge in [-0.2, -0.15) is 5.10 Å². The van der Waals surface area contributed by atoms with Gasteiger partial charge in [-0.05, 0) is 55.2 Å². The molecule has 3 rings (SSSR count). The van der Waals surface area contributed by atoms with Crippen LogP contribution < -0.4 is 5.32 Å². The first-order valence-electron chi connectivity index (χ1n) is 7.74. The number of carbonyl (C=O) groups excluding carboxylic acids is 1. The van der Waals surface area contributed by atoms with Gasteiger partial charge < -0.3 is 5.32 Å². The summed E-state index contributed by atoms with van der Waals surface area (Å²) in [5.41, 5.74) is 0.947. The van der Waals surface area contributed by atoms with Crippen LogP contribution in [0.15, 0.2) is 41.8 Å². The standard InChI is InChI=1S/C17H17ClN4OS2/c1-10(12-5-3-6-13(18)9-12)19-16(23)11(2)22-15(20-21-17(22)24)14-7-4-8-25-14/h3-11H,1-2H3,(H,19,23)(H,21,24)/t10-,11+/m0/s1. The molecule has 5 nitrogen and oxygen atoms in total. The second-order valence-corrected chi connectivity index (χ2v) is 7.43. The Balaban J connectivity index is 1.82. The molecular weight excluding hydrogens is 376 g/mol. The van der Waals surface area contributed by atoms with E-state index in [0.717, 1.165) is 10.4 Å². The molecule has 0 unspecified atom stereocenters. The zero-order valence-electron chi connectivity index (χ0n) is 13.7. The van der Waals surface area contributed by atoms with Crippen molar-refractivity contribution in [2.75, 3.05) is 0 Å². The normalized spacial score (nSPS) is 13.4. The second kappa shape index (κ2) is 7.51. The van der Waals surface area contributed by atoms with Gasteiger partial charge in [0.1, 0.15) is 6.04 Å². The predicted molar refractivity (Wildman–Crippen MR) is 103 cm³/mol. The van der Waals surface area contributed by atoms with Crippen molar-refractivity contribution in [1.82, 2.24) is 20.1 Å². The molecule has 0 bridgehead atoms. The molecule has 0 fully saturated rings. The fraction of sp³-hybridized carbons (Fsp3) is 0.235. The van der Waals surface area contributed by atoms with Crippen LogP contribution in [0.5, 0.6) is 0 Å². The van der Waals surface area contributed by atoms with E-state index in [2.05, 4.69) is 15.5 Å². The third kappa shape index (κ3) is 3.84. The van der Waals surface area contributed by atoms with Crippen molar-refractivity contribution in [1.29, 1.82) is 0 Å². The number of halogens is 1. The van der Waals surface area contributed by atoms with Gasteiger partial charge in [0, 0.05) is 5.02 Å². The lowest BCUT2D eigenvalue weighted by Crippen LogP contribution is -2.33. The fourth-order valence-electron chi connectivity index (χ4n) is 2.55. The van der Waals surface area contributed by atoms with Crippen molar-refractivity contribution >= 4 is 41.1 Å². The summed E-state index contributed by atoms with van der Waals surface area (Å²) in [4.78, 5) is 13.7. The third-order valence-electron chi connectivity index (χ3n) is 3.92. The number of H-pyrrole nitrogens is 1. The highest BCUT2D eigenvalue weighted by Gasteiger charge is 2.22. The number of aromatic nitrogens is 3. The van der Waals surface area contributed by atoms with Crippen LogP contribution in [0.1, 0.15) is 31.5 Å². The minimum atomic E-state index is -0.495. The van der Waals surface area contributed by atoms with Crippen LogP contribution in [0.3, 0.4) is 0 Å². The van der Waals surface area contributed by atoms with Crippen LogP contribution in [0.2, 0.25) is 5.02 Å². The van der Waals surface area contributed by atoms with E-state index in [0.29, 0.717) is 15.6 Å². The molecule has 0 aliphatic carbocycles. The lowest BCUT2D eigenvalue weighted by Gasteiger charge is -2.19. The summed E-state index contributed by atoms with van der Waals surface area (Å²) < 4.78 is 2.16. The van der Waals surface area contributed by atoms with Gasteiger partial charge in [0.2, 0.25) is 5.91 Å². The monoisotopic (exact) mass is 392 g/mol. The summed E-state index contributed by atoms with van der Waals surface area (Å²) in [6.45, 7) is 3.73. The number of amides is 1. The number of rotatable bonds is 5. The minimum Gasteiger partial charge on any atom is -0.348 e. The van der Waals surface area contributed by atoms with Crippen molar-refractivity contribution in [2.24, 2.45) is 0 Å². The molecular formula is C17H17ClN4OS2. The first-order chi connectivity index (χ1) is 12.0. The van der Waals surface area contributed by atoms with E-state index in [4.69, 9.17) is 23.8 Å². The number of thiophene rings is 1. The zero-order chi connectivity index (χ0) is 18.0. The van der Waals surface area contributed by atoms with Crippen LogP contribution in [-0.2, 0) is 4.79 Å². The first kappa shape index (κ1) is 17.8. The van der Waals surface area contributed by atoms with E-state index in [1.165, 1.54) is 0 Å². The maximum Gasteiger partial charge on any atom is 0.243 e. The Morgan fingerprint density at radius 1 is 1.36 bits per heavy atom. The Labute approximate surface area is 159 Å². The number of carbonyl (C=O) groups is 1. The number of nitrogens with one attached hydrogen (secondary N) is 2. The van der Waals surface area contributed by atoms with Crippen molar-refractivity contribution < 1.29 is 4.79 Å². The Morgan fingerprint density at radius 3 is 2.84 bits per heavy atom. The molecule has 0 saturated carbocycles. The van der Waals surface area contributed by atoms with Gasteiger partial charge in [0.05, 0.1) is 10.9 Å². The van der Waals surface area contributed by atoms with Crippen LogP contribution >= 0.6 is 35.2 Å². The average Bonchev–Trinajstić information content (AvgIpc) is 3.23. The molecule has 0 aliphatic rings. The van der Waals surface area contributed by atoms with Gasteiger partial charge >= 0.3 is 0 Å². The number of aromatic amines is 1. The number of benzene rings is 1. The number of hydrogen-bond acceptors (Lipinski definition) is 4. The summed E-state index contributed by atoms with van der Waals surface area (Å²) in [5, 5.41) is 12.7. The van der Waals surface area contributed by atoms with E-state index in [1.54, 1.807) is 22.0 Å². The molecule has 2 atom stereocenters. The van der Waals surface area contributed by atoms with Crippen LogP contribution in [0.25, 0.3) is 10.7 Å². The molecule has 2 heterocycles. The van der Waals surface area contributed by atoms with Gasteiger partial charge in [-0.15, -0.1) is 11.3 Å². The average molecular weight is 393 g/mol. The topological polar surface area (TPSA) is 62.7 Å². The van der Waals surface area contributed by atoms with Gasteiger partial charge in [-0.1, -0.05) is 29.8 Å². The molecule has 25 heavy (non-hydrogen) atoms. The third-order valence-corrected chi connectivity index (χ3v) is 5.31. The van der Waals surface area contributed by atoms with Crippen LogP contribution in [-0.4, -0.2) is 20.7 Å². The molecule has 2 aromatic heterocycles. The van der Waals surface area contributed by atoms with Gasteiger partial charge in [-0.3, -0.25) is 14.5 Å². The Bertz CT molecular complexity index is 932. The van der Waals surface area contributed by atoms with E-state index in [9.17, 15) is 4.79 Å². The summed E-state index contributed by atoms with van der Waals surface area (Å²) in [5.74, 6) is 0.529. The number of nitrogens with zero attached hydrogens (tertiary/aromatic N) is 2. The van der Waals surface area contributed by atoms with Crippen LogP contribution in [0.4, 0.5) is 0 Å². The Morgan fingerprint density at radius 2 is 2.16 bits per heavy atom. The second-order valence-electron chi connectivity index (χ2n) is 5.66. The Kier molecular flexibility index (Phi) is 5.36. The summed E-state index contributed by atoms with van der Waals surface area (Å²) >= 11 is 12.9. The smallest absolute Gasteiger partial charge is 0.243 e. The highest BCUT2D eigenvalue weighted by molar-refractivity contribution is 7.71. The maximum atomic E-state index is 12.7. The zero-order valence-corrected chi connectivity index (χ0v) is 16.1. The molecule has 0 aliphatic heterocycles. The fourth-order valence-corrected chi connectivity index (χ4v) is 3.75. The SMILES string of the molecule is C[C@H](NC(=O)[C@@H](C)n1c(-c2cccs2)n[nH]c1=S)c1cccc(Cl)c1. The maximum absolute atomic E-state index is 12.7. The summed E-state index contributed by atoms with van der Waals surface area (Å²) in [6, 6.07) is 10.7. The molecule has 1 amide bonds. The first-order valence-corrected chi connectivity index (χ1v) is 9.40. The quantitative estimate of drug-likeness (QED) is 0.615. The van der Waals surface area contributed by atoms with E-state index in [1.807, 2.05) is 49.6 Å².